The molecule has 1 heterocycles. The van der Waals surface area contributed by atoms with E-state index >= 15 is 0 Å². The molecule has 0 aromatic heterocycles. The number of carbonyl (C=O) groups excluding carboxylic acids is 2. The SMILES string of the molecule is Cl.NCCNC(=O)C1CCCN(C(=O)CSc2ccc([N+](=O)[O-])cc2)C1. The predicted octanol–water partition coefficient (Wildman–Crippen LogP) is 1.42. The first-order valence-corrected chi connectivity index (χ1v) is 9.12. The van der Waals surface area contributed by atoms with Gasteiger partial charge >= 0.3 is 0 Å². The Balaban J connectivity index is 0.00000338. The van der Waals surface area contributed by atoms with Gasteiger partial charge in [-0.3, -0.25) is 19.7 Å². The second-order valence-corrected chi connectivity index (χ2v) is 6.85. The van der Waals surface area contributed by atoms with Gasteiger partial charge in [-0.1, -0.05) is 0 Å². The van der Waals surface area contributed by atoms with Crippen LogP contribution in [0.3, 0.4) is 0 Å². The molecule has 3 N–H and O–H groups in total. The summed E-state index contributed by atoms with van der Waals surface area (Å²) in [6.07, 6.45) is 1.57. The Bertz CT molecular complexity index is 629. The normalized spacial score (nSPS) is 16.5. The van der Waals surface area contributed by atoms with E-state index in [9.17, 15) is 19.7 Å². The molecule has 1 unspecified atom stereocenters. The lowest BCUT2D eigenvalue weighted by Crippen LogP contribution is -2.46. The molecule has 1 aromatic rings. The van der Waals surface area contributed by atoms with Gasteiger partial charge in [0, 0.05) is 43.2 Å². The van der Waals surface area contributed by atoms with Crippen LogP contribution in [-0.4, -0.2) is 53.6 Å². The molecule has 1 aliphatic heterocycles. The number of rotatable bonds is 7. The lowest BCUT2D eigenvalue weighted by molar-refractivity contribution is -0.384. The number of nitrogens with one attached hydrogen (secondary N) is 1. The standard InChI is InChI=1S/C16H22N4O4S.ClH/c17-7-8-18-16(22)12-2-1-9-19(10-12)15(21)11-25-14-5-3-13(4-6-14)20(23)24;/h3-6,12H,1-2,7-11,17H2,(H,18,22);1H. The maximum Gasteiger partial charge on any atom is 0.269 e. The van der Waals surface area contributed by atoms with Crippen molar-refractivity contribution < 1.29 is 14.5 Å². The first-order chi connectivity index (χ1) is 12.0. The second-order valence-electron chi connectivity index (χ2n) is 5.80. The number of nitrogens with zero attached hydrogens (tertiary/aromatic N) is 2. The Morgan fingerprint density at radius 3 is 2.65 bits per heavy atom. The van der Waals surface area contributed by atoms with Crippen LogP contribution in [0, 0.1) is 16.0 Å². The number of hydrogen-bond acceptors (Lipinski definition) is 6. The summed E-state index contributed by atoms with van der Waals surface area (Å²) in [6.45, 7) is 1.92. The predicted molar refractivity (Wildman–Crippen MR) is 102 cm³/mol. The van der Waals surface area contributed by atoms with Crippen molar-refractivity contribution in [2.75, 3.05) is 31.9 Å². The van der Waals surface area contributed by atoms with Gasteiger partial charge in [0.1, 0.15) is 0 Å². The molecule has 26 heavy (non-hydrogen) atoms. The number of likely N-dealkylation sites (tertiary alicyclic amines) is 1. The Morgan fingerprint density at radius 1 is 1.35 bits per heavy atom. The molecule has 1 atom stereocenters. The number of nitro groups is 1. The zero-order valence-corrected chi connectivity index (χ0v) is 15.9. The van der Waals surface area contributed by atoms with E-state index in [4.69, 9.17) is 5.73 Å². The number of thioether (sulfide) groups is 1. The van der Waals surface area contributed by atoms with Gasteiger partial charge in [0.15, 0.2) is 0 Å². The van der Waals surface area contributed by atoms with Crippen LogP contribution in [0.15, 0.2) is 29.2 Å². The van der Waals surface area contributed by atoms with Gasteiger partial charge in [-0.2, -0.15) is 0 Å². The number of piperidine rings is 1. The van der Waals surface area contributed by atoms with E-state index in [1.807, 2.05) is 0 Å². The Hall–Kier alpha value is -1.84. The summed E-state index contributed by atoms with van der Waals surface area (Å²) in [5, 5.41) is 13.4. The topological polar surface area (TPSA) is 119 Å². The number of nitro benzene ring substituents is 1. The largest absolute Gasteiger partial charge is 0.355 e. The van der Waals surface area contributed by atoms with Gasteiger partial charge in [0.05, 0.1) is 16.6 Å². The Kier molecular flexibility index (Phi) is 9.39. The minimum absolute atomic E-state index is 0. The minimum atomic E-state index is -0.455. The maximum absolute atomic E-state index is 12.4. The molecule has 2 amide bonds. The first kappa shape index (κ1) is 22.2. The third kappa shape index (κ3) is 6.47. The van der Waals surface area contributed by atoms with Crippen LogP contribution in [0.1, 0.15) is 12.8 Å². The quantitative estimate of drug-likeness (QED) is 0.404. The number of halogens is 1. The van der Waals surface area contributed by atoms with Gasteiger partial charge in [0.25, 0.3) is 5.69 Å². The van der Waals surface area contributed by atoms with Crippen molar-refractivity contribution in [3.8, 4) is 0 Å². The van der Waals surface area contributed by atoms with Crippen LogP contribution in [0.25, 0.3) is 0 Å². The lowest BCUT2D eigenvalue weighted by atomic mass is 9.97. The van der Waals surface area contributed by atoms with Gasteiger partial charge in [-0.25, -0.2) is 0 Å². The van der Waals surface area contributed by atoms with Crippen molar-refractivity contribution in [1.29, 1.82) is 0 Å². The monoisotopic (exact) mass is 402 g/mol. The van der Waals surface area contributed by atoms with E-state index in [1.165, 1.54) is 23.9 Å². The lowest BCUT2D eigenvalue weighted by Gasteiger charge is -2.32. The van der Waals surface area contributed by atoms with E-state index < -0.39 is 4.92 Å². The van der Waals surface area contributed by atoms with Crippen LogP contribution in [0.5, 0.6) is 0 Å². The molecule has 8 nitrogen and oxygen atoms in total. The third-order valence-electron chi connectivity index (χ3n) is 4.00. The summed E-state index contributed by atoms with van der Waals surface area (Å²) < 4.78 is 0. The molecule has 0 radical (unpaired) electrons. The highest BCUT2D eigenvalue weighted by atomic mass is 35.5. The Morgan fingerprint density at radius 2 is 2.04 bits per heavy atom. The number of carbonyl (C=O) groups is 2. The van der Waals surface area contributed by atoms with Crippen molar-refractivity contribution in [1.82, 2.24) is 10.2 Å². The van der Waals surface area contributed by atoms with Gasteiger partial charge in [-0.15, -0.1) is 24.2 Å². The fraction of sp³-hybridized carbons (Fsp3) is 0.500. The van der Waals surface area contributed by atoms with E-state index in [1.54, 1.807) is 17.0 Å². The highest BCUT2D eigenvalue weighted by Crippen LogP contribution is 2.23. The first-order valence-electron chi connectivity index (χ1n) is 8.14. The molecule has 1 aromatic carbocycles. The van der Waals surface area contributed by atoms with Crippen LogP contribution < -0.4 is 11.1 Å². The second kappa shape index (κ2) is 11.0. The van der Waals surface area contributed by atoms with Crippen molar-refractivity contribution in [2.45, 2.75) is 17.7 Å². The average Bonchev–Trinajstić information content (AvgIpc) is 2.64. The molecule has 1 saturated heterocycles. The van der Waals surface area contributed by atoms with Gasteiger partial charge in [-0.05, 0) is 25.0 Å². The van der Waals surface area contributed by atoms with E-state index in [-0.39, 0.29) is 41.6 Å². The molecular formula is C16H23ClN4O4S. The summed E-state index contributed by atoms with van der Waals surface area (Å²) in [7, 11) is 0. The molecule has 0 bridgehead atoms. The molecule has 144 valence electrons. The third-order valence-corrected chi connectivity index (χ3v) is 5.00. The van der Waals surface area contributed by atoms with Crippen molar-refractivity contribution in [3.05, 3.63) is 34.4 Å². The number of hydrogen-bond donors (Lipinski definition) is 2. The van der Waals surface area contributed by atoms with E-state index in [0.29, 0.717) is 26.2 Å². The molecule has 0 saturated carbocycles. The fourth-order valence-corrected chi connectivity index (χ4v) is 3.46. The van der Waals surface area contributed by atoms with E-state index in [0.717, 1.165) is 17.7 Å². The summed E-state index contributed by atoms with van der Waals surface area (Å²) in [4.78, 5) is 37.1. The van der Waals surface area contributed by atoms with Crippen LogP contribution in [0.2, 0.25) is 0 Å². The molecule has 1 fully saturated rings. The minimum Gasteiger partial charge on any atom is -0.355 e. The average molecular weight is 403 g/mol. The van der Waals surface area contributed by atoms with Gasteiger partial charge < -0.3 is 16.0 Å². The highest BCUT2D eigenvalue weighted by Gasteiger charge is 2.28. The molecule has 10 heteroatoms. The van der Waals surface area contributed by atoms with Crippen LogP contribution >= 0.6 is 24.2 Å². The Labute approximate surface area is 162 Å². The molecule has 2 rings (SSSR count). The van der Waals surface area contributed by atoms with Crippen molar-refractivity contribution in [3.63, 3.8) is 0 Å². The molecule has 0 spiro atoms. The summed E-state index contributed by atoms with van der Waals surface area (Å²) in [5.41, 5.74) is 5.41. The maximum atomic E-state index is 12.4. The number of nitrogens with two attached hydrogens (primary N) is 1. The summed E-state index contributed by atoms with van der Waals surface area (Å²) in [5.74, 6) is -0.0196. The summed E-state index contributed by atoms with van der Waals surface area (Å²) in [6, 6.07) is 6.11. The van der Waals surface area contributed by atoms with Crippen molar-refractivity contribution in [2.24, 2.45) is 11.7 Å². The molecule has 1 aliphatic rings. The zero-order chi connectivity index (χ0) is 18.2. The zero-order valence-electron chi connectivity index (χ0n) is 14.3. The highest BCUT2D eigenvalue weighted by molar-refractivity contribution is 8.00. The van der Waals surface area contributed by atoms with Crippen LogP contribution in [0.4, 0.5) is 5.69 Å². The fourth-order valence-electron chi connectivity index (χ4n) is 2.66. The van der Waals surface area contributed by atoms with Crippen molar-refractivity contribution >= 4 is 41.7 Å². The van der Waals surface area contributed by atoms with Crippen LogP contribution in [-0.2, 0) is 9.59 Å². The number of non-ortho nitro benzene ring substituents is 1. The summed E-state index contributed by atoms with van der Waals surface area (Å²) >= 11 is 1.34. The van der Waals surface area contributed by atoms with Gasteiger partial charge in [0.2, 0.25) is 11.8 Å². The van der Waals surface area contributed by atoms with E-state index in [2.05, 4.69) is 5.32 Å². The number of benzene rings is 1. The smallest absolute Gasteiger partial charge is 0.269 e. The number of amides is 2. The molecule has 0 aliphatic carbocycles. The molecular weight excluding hydrogens is 380 g/mol.